The van der Waals surface area contributed by atoms with Crippen LogP contribution < -0.4 is 16.0 Å². The second-order valence-electron chi connectivity index (χ2n) is 3.97. The van der Waals surface area contributed by atoms with E-state index in [2.05, 4.69) is 30.5 Å². The summed E-state index contributed by atoms with van der Waals surface area (Å²) in [6.45, 7) is 2.98. The largest absolute Gasteiger partial charge is 0.493 e. The molecule has 1 aromatic carbocycles. The molecule has 0 aromatic heterocycles. The Bertz CT molecular complexity index is 338. The van der Waals surface area contributed by atoms with Crippen LogP contribution in [0.15, 0.2) is 18.2 Å². The summed E-state index contributed by atoms with van der Waals surface area (Å²) in [5.41, 5.74) is 5.45. The molecule has 1 atom stereocenters. The number of benzene rings is 1. The summed E-state index contributed by atoms with van der Waals surface area (Å²) in [5.74, 6) is 6.59. The number of fused-ring (bicyclic) bond motifs is 1. The molecule has 2 rings (SSSR count). The Kier molecular flexibility index (Phi) is 3.23. The minimum Gasteiger partial charge on any atom is -0.493 e. The van der Waals surface area contributed by atoms with Gasteiger partial charge in [0.1, 0.15) is 5.75 Å². The van der Waals surface area contributed by atoms with Gasteiger partial charge in [-0.3, -0.25) is 11.3 Å². The standard InChI is InChI=1S/C12H18N2O/c1-2-3-11(14-13)9-4-5-12-10(8-9)6-7-15-12/h4-5,8,11,14H,2-3,6-7,13H2,1H3. The van der Waals surface area contributed by atoms with Crippen molar-refractivity contribution in [3.05, 3.63) is 29.3 Å². The van der Waals surface area contributed by atoms with E-state index < -0.39 is 0 Å². The summed E-state index contributed by atoms with van der Waals surface area (Å²) >= 11 is 0. The Balaban J connectivity index is 2.20. The van der Waals surface area contributed by atoms with Gasteiger partial charge in [-0.2, -0.15) is 0 Å². The molecule has 0 aliphatic carbocycles. The van der Waals surface area contributed by atoms with E-state index >= 15 is 0 Å². The van der Waals surface area contributed by atoms with Crippen molar-refractivity contribution in [1.82, 2.24) is 5.43 Å². The molecule has 1 unspecified atom stereocenters. The Morgan fingerprint density at radius 1 is 1.53 bits per heavy atom. The van der Waals surface area contributed by atoms with E-state index in [1.54, 1.807) is 0 Å². The van der Waals surface area contributed by atoms with Crippen molar-refractivity contribution in [2.75, 3.05) is 6.61 Å². The van der Waals surface area contributed by atoms with Crippen molar-refractivity contribution in [3.8, 4) is 5.75 Å². The number of hydrogen-bond donors (Lipinski definition) is 2. The number of hydrazine groups is 1. The van der Waals surface area contributed by atoms with Crippen molar-refractivity contribution in [2.45, 2.75) is 32.2 Å². The van der Waals surface area contributed by atoms with Crippen LogP contribution in [0.4, 0.5) is 0 Å². The second kappa shape index (κ2) is 4.64. The van der Waals surface area contributed by atoms with Crippen LogP contribution >= 0.6 is 0 Å². The van der Waals surface area contributed by atoms with E-state index in [0.717, 1.165) is 31.6 Å². The van der Waals surface area contributed by atoms with Crippen molar-refractivity contribution in [3.63, 3.8) is 0 Å². The van der Waals surface area contributed by atoms with Gasteiger partial charge in [0.15, 0.2) is 0 Å². The fourth-order valence-electron chi connectivity index (χ4n) is 2.06. The minimum atomic E-state index is 0.265. The third-order valence-electron chi connectivity index (χ3n) is 2.89. The van der Waals surface area contributed by atoms with E-state index in [9.17, 15) is 0 Å². The maximum absolute atomic E-state index is 5.55. The molecule has 0 bridgehead atoms. The molecular weight excluding hydrogens is 188 g/mol. The highest BCUT2D eigenvalue weighted by atomic mass is 16.5. The summed E-state index contributed by atoms with van der Waals surface area (Å²) in [6.07, 6.45) is 3.21. The van der Waals surface area contributed by atoms with Crippen LogP contribution in [0.1, 0.15) is 36.9 Å². The lowest BCUT2D eigenvalue weighted by Crippen LogP contribution is -2.27. The molecular formula is C12H18N2O. The fraction of sp³-hybridized carbons (Fsp3) is 0.500. The van der Waals surface area contributed by atoms with Gasteiger partial charge in [0.05, 0.1) is 6.61 Å². The molecule has 82 valence electrons. The van der Waals surface area contributed by atoms with Crippen LogP contribution in [0.2, 0.25) is 0 Å². The Morgan fingerprint density at radius 3 is 3.13 bits per heavy atom. The zero-order valence-electron chi connectivity index (χ0n) is 9.12. The summed E-state index contributed by atoms with van der Waals surface area (Å²) in [4.78, 5) is 0. The van der Waals surface area contributed by atoms with Gasteiger partial charge < -0.3 is 4.74 Å². The maximum atomic E-state index is 5.55. The zero-order chi connectivity index (χ0) is 10.7. The summed E-state index contributed by atoms with van der Waals surface area (Å²) in [7, 11) is 0. The van der Waals surface area contributed by atoms with Crippen molar-refractivity contribution >= 4 is 0 Å². The number of rotatable bonds is 4. The highest BCUT2D eigenvalue weighted by Crippen LogP contribution is 2.29. The van der Waals surface area contributed by atoms with E-state index in [4.69, 9.17) is 10.6 Å². The first-order valence-electron chi connectivity index (χ1n) is 5.57. The van der Waals surface area contributed by atoms with Crippen molar-refractivity contribution < 1.29 is 4.74 Å². The smallest absolute Gasteiger partial charge is 0.122 e. The summed E-state index contributed by atoms with van der Waals surface area (Å²) in [5, 5.41) is 0. The molecule has 0 spiro atoms. The van der Waals surface area contributed by atoms with Gasteiger partial charge in [-0.15, -0.1) is 0 Å². The van der Waals surface area contributed by atoms with Crippen LogP contribution in [0.3, 0.4) is 0 Å². The topological polar surface area (TPSA) is 47.3 Å². The third kappa shape index (κ3) is 2.13. The van der Waals surface area contributed by atoms with Gasteiger partial charge in [-0.25, -0.2) is 0 Å². The first-order valence-corrected chi connectivity index (χ1v) is 5.57. The molecule has 0 amide bonds. The molecule has 15 heavy (non-hydrogen) atoms. The molecule has 1 aliphatic heterocycles. The fourth-order valence-corrected chi connectivity index (χ4v) is 2.06. The van der Waals surface area contributed by atoms with E-state index in [1.165, 1.54) is 11.1 Å². The Hall–Kier alpha value is -1.06. The van der Waals surface area contributed by atoms with Crippen molar-refractivity contribution in [2.24, 2.45) is 5.84 Å². The van der Waals surface area contributed by atoms with E-state index in [1.807, 2.05) is 0 Å². The molecule has 1 aromatic rings. The first kappa shape index (κ1) is 10.5. The highest BCUT2D eigenvalue weighted by Gasteiger charge is 2.15. The SMILES string of the molecule is CCCC(NN)c1ccc2c(c1)CCO2. The van der Waals surface area contributed by atoms with Gasteiger partial charge in [0.2, 0.25) is 0 Å². The van der Waals surface area contributed by atoms with Crippen molar-refractivity contribution in [1.29, 1.82) is 0 Å². The predicted octanol–water partition coefficient (Wildman–Crippen LogP) is 1.93. The monoisotopic (exact) mass is 206 g/mol. The molecule has 0 saturated carbocycles. The Morgan fingerprint density at radius 2 is 2.40 bits per heavy atom. The number of nitrogens with two attached hydrogens (primary N) is 1. The van der Waals surface area contributed by atoms with E-state index in [-0.39, 0.29) is 6.04 Å². The number of hydrogen-bond acceptors (Lipinski definition) is 3. The maximum Gasteiger partial charge on any atom is 0.122 e. The normalized spacial score (nSPS) is 15.9. The van der Waals surface area contributed by atoms with Gasteiger partial charge in [0, 0.05) is 12.5 Å². The van der Waals surface area contributed by atoms with Crippen LogP contribution in [-0.2, 0) is 6.42 Å². The van der Waals surface area contributed by atoms with Crippen LogP contribution in [0, 0.1) is 0 Å². The average Bonchev–Trinajstić information content (AvgIpc) is 2.72. The lowest BCUT2D eigenvalue weighted by molar-refractivity contribution is 0.356. The summed E-state index contributed by atoms with van der Waals surface area (Å²) < 4.78 is 5.48. The molecule has 1 aliphatic rings. The van der Waals surface area contributed by atoms with Gasteiger partial charge >= 0.3 is 0 Å². The van der Waals surface area contributed by atoms with Gasteiger partial charge in [0.25, 0.3) is 0 Å². The molecule has 3 N–H and O–H groups in total. The minimum absolute atomic E-state index is 0.265. The molecule has 1 heterocycles. The Labute approximate surface area is 90.6 Å². The second-order valence-corrected chi connectivity index (χ2v) is 3.97. The number of ether oxygens (including phenoxy) is 1. The molecule has 3 heteroatoms. The van der Waals surface area contributed by atoms with Crippen LogP contribution in [-0.4, -0.2) is 6.61 Å². The van der Waals surface area contributed by atoms with Gasteiger partial charge in [-0.1, -0.05) is 25.5 Å². The third-order valence-corrected chi connectivity index (χ3v) is 2.89. The first-order chi connectivity index (χ1) is 7.35. The highest BCUT2D eigenvalue weighted by molar-refractivity contribution is 5.40. The number of nitrogens with one attached hydrogen (secondary N) is 1. The quantitative estimate of drug-likeness (QED) is 0.584. The van der Waals surface area contributed by atoms with Crippen LogP contribution in [0.5, 0.6) is 5.75 Å². The summed E-state index contributed by atoms with van der Waals surface area (Å²) in [6, 6.07) is 6.63. The lowest BCUT2D eigenvalue weighted by atomic mass is 10.00. The zero-order valence-corrected chi connectivity index (χ0v) is 9.12. The van der Waals surface area contributed by atoms with E-state index in [0.29, 0.717) is 0 Å². The molecule has 0 fully saturated rings. The molecule has 0 saturated heterocycles. The lowest BCUT2D eigenvalue weighted by Gasteiger charge is -2.16. The molecule has 0 radical (unpaired) electrons. The predicted molar refractivity (Wildman–Crippen MR) is 60.6 cm³/mol. The van der Waals surface area contributed by atoms with Gasteiger partial charge in [-0.05, 0) is 23.6 Å². The average molecular weight is 206 g/mol. The molecule has 3 nitrogen and oxygen atoms in total. The van der Waals surface area contributed by atoms with Crippen LogP contribution in [0.25, 0.3) is 0 Å².